The first kappa shape index (κ1) is 12.8. The van der Waals surface area contributed by atoms with Gasteiger partial charge in [-0.05, 0) is 6.92 Å². The molecule has 0 radical (unpaired) electrons. The molecule has 0 saturated carbocycles. The lowest BCUT2D eigenvalue weighted by molar-refractivity contribution is -0.195. The summed E-state index contributed by atoms with van der Waals surface area (Å²) in [4.78, 5) is 5.04. The molecule has 1 atom stereocenters. The van der Waals surface area contributed by atoms with Crippen LogP contribution in [0.5, 0.6) is 0 Å². The SMILES string of the molecule is Cc1cnc(CSCC(O)C(F)(F)F)s1. The average molecular weight is 257 g/mol. The lowest BCUT2D eigenvalue weighted by Crippen LogP contribution is -2.30. The van der Waals surface area contributed by atoms with E-state index in [0.29, 0.717) is 5.75 Å². The number of hydrogen-bond acceptors (Lipinski definition) is 4. The molecule has 1 N–H and O–H groups in total. The lowest BCUT2D eigenvalue weighted by Gasteiger charge is -2.13. The van der Waals surface area contributed by atoms with Crippen LogP contribution in [0.4, 0.5) is 13.2 Å². The summed E-state index contributed by atoms with van der Waals surface area (Å²) >= 11 is 2.48. The zero-order valence-electron chi connectivity index (χ0n) is 7.91. The van der Waals surface area contributed by atoms with Crippen molar-refractivity contribution in [3.63, 3.8) is 0 Å². The molecular formula is C8H10F3NOS2. The van der Waals surface area contributed by atoms with Crippen LogP contribution in [0.2, 0.25) is 0 Å². The third kappa shape index (κ3) is 4.40. The number of aliphatic hydroxyl groups is 1. The second-order valence-electron chi connectivity index (χ2n) is 2.94. The Hall–Kier alpha value is -0.270. The molecule has 2 nitrogen and oxygen atoms in total. The largest absolute Gasteiger partial charge is 0.415 e. The molecular weight excluding hydrogens is 247 g/mol. The molecule has 0 aliphatic carbocycles. The number of aliphatic hydroxyl groups excluding tert-OH is 1. The summed E-state index contributed by atoms with van der Waals surface area (Å²) < 4.78 is 35.7. The fraction of sp³-hybridized carbons (Fsp3) is 0.625. The van der Waals surface area contributed by atoms with Crippen LogP contribution >= 0.6 is 23.1 Å². The van der Waals surface area contributed by atoms with Gasteiger partial charge in [-0.1, -0.05) is 0 Å². The zero-order chi connectivity index (χ0) is 11.5. The number of hydrogen-bond donors (Lipinski definition) is 1. The second kappa shape index (κ2) is 5.18. The molecule has 0 aliphatic heterocycles. The third-order valence-corrected chi connectivity index (χ3v) is 3.67. The van der Waals surface area contributed by atoms with Gasteiger partial charge in [-0.2, -0.15) is 24.9 Å². The third-order valence-electron chi connectivity index (χ3n) is 1.55. The number of nitrogens with zero attached hydrogens (tertiary/aromatic N) is 1. The highest BCUT2D eigenvalue weighted by atomic mass is 32.2. The Morgan fingerprint density at radius 1 is 1.60 bits per heavy atom. The maximum Gasteiger partial charge on any atom is 0.415 e. The van der Waals surface area contributed by atoms with Crippen molar-refractivity contribution >= 4 is 23.1 Å². The van der Waals surface area contributed by atoms with E-state index in [0.717, 1.165) is 21.6 Å². The molecule has 15 heavy (non-hydrogen) atoms. The van der Waals surface area contributed by atoms with Gasteiger partial charge in [0.25, 0.3) is 0 Å². The predicted molar refractivity (Wildman–Crippen MR) is 55.1 cm³/mol. The number of alkyl halides is 3. The van der Waals surface area contributed by atoms with E-state index in [1.165, 1.54) is 11.3 Å². The van der Waals surface area contributed by atoms with Gasteiger partial charge in [-0.15, -0.1) is 11.3 Å². The summed E-state index contributed by atoms with van der Waals surface area (Å²) in [5.41, 5.74) is 0. The number of thioether (sulfide) groups is 1. The molecule has 1 unspecified atom stereocenters. The Morgan fingerprint density at radius 3 is 2.73 bits per heavy atom. The summed E-state index contributed by atoms with van der Waals surface area (Å²) in [6, 6.07) is 0. The predicted octanol–water partition coefficient (Wildman–Crippen LogP) is 2.61. The van der Waals surface area contributed by atoms with Crippen molar-refractivity contribution in [2.45, 2.75) is 25.0 Å². The van der Waals surface area contributed by atoms with Crippen LogP contribution in [-0.2, 0) is 5.75 Å². The molecule has 0 aromatic carbocycles. The average Bonchev–Trinajstić information content (AvgIpc) is 2.49. The summed E-state index contributed by atoms with van der Waals surface area (Å²) in [6.45, 7) is 1.89. The zero-order valence-corrected chi connectivity index (χ0v) is 9.55. The van der Waals surface area contributed by atoms with Crippen LogP contribution in [0, 0.1) is 6.92 Å². The maximum atomic E-state index is 11.9. The van der Waals surface area contributed by atoms with Gasteiger partial charge in [0.05, 0.1) is 0 Å². The summed E-state index contributed by atoms with van der Waals surface area (Å²) in [5.74, 6) is 0.0633. The molecule has 1 aromatic rings. The van der Waals surface area contributed by atoms with Crippen molar-refractivity contribution in [1.82, 2.24) is 4.98 Å². The van der Waals surface area contributed by atoms with Crippen molar-refractivity contribution in [1.29, 1.82) is 0 Å². The van der Waals surface area contributed by atoms with E-state index in [2.05, 4.69) is 4.98 Å². The molecule has 0 aliphatic rings. The summed E-state index contributed by atoms with van der Waals surface area (Å²) in [5, 5.41) is 9.49. The van der Waals surface area contributed by atoms with Gasteiger partial charge in [0.1, 0.15) is 5.01 Å². The minimum atomic E-state index is -4.52. The van der Waals surface area contributed by atoms with E-state index in [9.17, 15) is 13.2 Å². The van der Waals surface area contributed by atoms with Gasteiger partial charge in [0.2, 0.25) is 0 Å². The molecule has 0 amide bonds. The minimum Gasteiger partial charge on any atom is -0.383 e. The van der Waals surface area contributed by atoms with Crippen molar-refractivity contribution in [2.75, 3.05) is 5.75 Å². The fourth-order valence-corrected chi connectivity index (χ4v) is 2.67. The first-order chi connectivity index (χ1) is 6.89. The molecule has 0 bridgehead atoms. The monoisotopic (exact) mass is 257 g/mol. The number of aryl methyl sites for hydroxylation is 1. The molecule has 1 aromatic heterocycles. The Morgan fingerprint density at radius 2 is 2.27 bits per heavy atom. The highest BCUT2D eigenvalue weighted by Crippen LogP contribution is 2.25. The number of halogens is 3. The van der Waals surface area contributed by atoms with E-state index in [4.69, 9.17) is 5.11 Å². The van der Waals surface area contributed by atoms with Gasteiger partial charge < -0.3 is 5.11 Å². The molecule has 1 heterocycles. The van der Waals surface area contributed by atoms with Crippen molar-refractivity contribution in [2.24, 2.45) is 0 Å². The van der Waals surface area contributed by atoms with Crippen LogP contribution in [0.1, 0.15) is 9.88 Å². The Bertz CT molecular complexity index is 313. The quantitative estimate of drug-likeness (QED) is 0.900. The topological polar surface area (TPSA) is 33.1 Å². The van der Waals surface area contributed by atoms with E-state index >= 15 is 0 Å². The highest BCUT2D eigenvalue weighted by molar-refractivity contribution is 7.98. The Balaban J connectivity index is 2.28. The lowest BCUT2D eigenvalue weighted by atomic mass is 10.4. The van der Waals surface area contributed by atoms with E-state index in [1.54, 1.807) is 6.20 Å². The van der Waals surface area contributed by atoms with Crippen LogP contribution in [0.3, 0.4) is 0 Å². The van der Waals surface area contributed by atoms with Gasteiger partial charge in [0, 0.05) is 22.6 Å². The van der Waals surface area contributed by atoms with Crippen LogP contribution in [-0.4, -0.2) is 28.1 Å². The van der Waals surface area contributed by atoms with Crippen molar-refractivity contribution in [3.8, 4) is 0 Å². The second-order valence-corrected chi connectivity index (χ2v) is 5.29. The van der Waals surface area contributed by atoms with Gasteiger partial charge in [-0.25, -0.2) is 4.98 Å². The summed E-state index contributed by atoms with van der Waals surface area (Å²) in [7, 11) is 0. The number of aromatic nitrogens is 1. The standard InChI is InChI=1S/C8H10F3NOS2/c1-5-2-12-7(15-5)4-14-3-6(13)8(9,10)11/h2,6,13H,3-4H2,1H3. The van der Waals surface area contributed by atoms with E-state index < -0.39 is 12.3 Å². The molecule has 7 heteroatoms. The Kier molecular flexibility index (Phi) is 4.42. The first-order valence-electron chi connectivity index (χ1n) is 4.13. The maximum absolute atomic E-state index is 11.9. The van der Waals surface area contributed by atoms with E-state index in [-0.39, 0.29) is 5.75 Å². The summed E-state index contributed by atoms with van der Waals surface area (Å²) in [6.07, 6.45) is -5.09. The first-order valence-corrected chi connectivity index (χ1v) is 6.10. The fourth-order valence-electron chi connectivity index (χ4n) is 0.821. The molecule has 1 rings (SSSR count). The smallest absolute Gasteiger partial charge is 0.383 e. The van der Waals surface area contributed by atoms with Gasteiger partial charge >= 0.3 is 6.18 Å². The van der Waals surface area contributed by atoms with Crippen molar-refractivity contribution < 1.29 is 18.3 Å². The van der Waals surface area contributed by atoms with Crippen molar-refractivity contribution in [3.05, 3.63) is 16.1 Å². The highest BCUT2D eigenvalue weighted by Gasteiger charge is 2.37. The number of thiazole rings is 1. The van der Waals surface area contributed by atoms with E-state index in [1.807, 2.05) is 6.92 Å². The van der Waals surface area contributed by atoms with Crippen LogP contribution in [0.25, 0.3) is 0 Å². The Labute approximate surface area is 93.5 Å². The van der Waals surface area contributed by atoms with Gasteiger partial charge in [-0.3, -0.25) is 0 Å². The number of rotatable bonds is 4. The van der Waals surface area contributed by atoms with Gasteiger partial charge in [0.15, 0.2) is 6.10 Å². The van der Waals surface area contributed by atoms with Crippen LogP contribution in [0.15, 0.2) is 6.20 Å². The minimum absolute atomic E-state index is 0.345. The molecule has 0 spiro atoms. The van der Waals surface area contributed by atoms with Crippen LogP contribution < -0.4 is 0 Å². The molecule has 86 valence electrons. The normalized spacial score (nSPS) is 14.2. The molecule has 0 fully saturated rings. The molecule has 0 saturated heterocycles.